The van der Waals surface area contributed by atoms with Gasteiger partial charge in [0.1, 0.15) is 30.5 Å². The summed E-state index contributed by atoms with van der Waals surface area (Å²) in [6.45, 7) is 5.14. The highest BCUT2D eigenvalue weighted by molar-refractivity contribution is 6.03. The molecule has 2 N–H and O–H groups in total. The smallest absolute Gasteiger partial charge is 0.254 e. The Bertz CT molecular complexity index is 1020. The Morgan fingerprint density at radius 2 is 1.39 bits per heavy atom. The molecule has 7 nitrogen and oxygen atoms in total. The number of ketones is 1. The van der Waals surface area contributed by atoms with E-state index in [0.717, 1.165) is 28.7 Å². The van der Waals surface area contributed by atoms with Gasteiger partial charge in [-0.15, -0.1) is 0 Å². The van der Waals surface area contributed by atoms with Gasteiger partial charge in [0.05, 0.1) is 0 Å². The number of carbonyl (C=O) groups excluding carboxylic acids is 3. The molecule has 0 aliphatic rings. The molecule has 0 bridgehead atoms. The molecule has 33 heavy (non-hydrogen) atoms. The Morgan fingerprint density at radius 1 is 0.909 bits per heavy atom. The summed E-state index contributed by atoms with van der Waals surface area (Å²) < 4.78 is 5.53. The van der Waals surface area contributed by atoms with Gasteiger partial charge in [0.15, 0.2) is 5.78 Å². The molecule has 0 aliphatic carbocycles. The molecule has 1 atom stereocenters. The minimum Gasteiger partial charge on any atom is -0.459 e. The van der Waals surface area contributed by atoms with E-state index in [2.05, 4.69) is 0 Å². The predicted molar refractivity (Wildman–Crippen MR) is 128 cm³/mol. The highest BCUT2D eigenvalue weighted by Gasteiger charge is 2.24. The fourth-order valence-corrected chi connectivity index (χ4v) is 3.04. The molecular weight excluding hydrogens is 422 g/mol. The van der Waals surface area contributed by atoms with Gasteiger partial charge in [0.25, 0.3) is 5.91 Å². The van der Waals surface area contributed by atoms with Gasteiger partial charge in [-0.05, 0) is 42.3 Å². The fraction of sp³-hybridized carbons (Fsp3) is 0.269. The molecule has 0 radical (unpaired) electrons. The maximum atomic E-state index is 12.5. The van der Waals surface area contributed by atoms with Crippen molar-refractivity contribution < 1.29 is 29.0 Å². The number of aliphatic hydroxyl groups is 2. The van der Waals surface area contributed by atoms with E-state index in [-0.39, 0.29) is 12.4 Å². The van der Waals surface area contributed by atoms with Gasteiger partial charge in [-0.25, -0.2) is 0 Å². The Morgan fingerprint density at radius 3 is 1.82 bits per heavy atom. The lowest BCUT2D eigenvalue weighted by Crippen LogP contribution is -2.42. The number of hydrogen-bond acceptors (Lipinski definition) is 6. The number of nitrogens with zero attached hydrogens (tertiary/aromatic N) is 1. The molecule has 0 spiro atoms. The number of aliphatic hydroxyl groups excluding tert-OH is 2. The molecule has 1 amide bonds. The lowest BCUT2D eigenvalue weighted by Gasteiger charge is -2.21. The second-order valence-corrected chi connectivity index (χ2v) is 6.69. The van der Waals surface area contributed by atoms with E-state index in [1.165, 1.54) is 14.0 Å². The molecule has 0 aliphatic heterocycles. The number of aldehydes is 1. The van der Waals surface area contributed by atoms with Crippen molar-refractivity contribution in [1.82, 2.24) is 4.90 Å². The zero-order chi connectivity index (χ0) is 25.0. The zero-order valence-electron chi connectivity index (χ0n) is 19.6. The topological polar surface area (TPSA) is 108 Å². The van der Waals surface area contributed by atoms with Crippen LogP contribution in [0.25, 0.3) is 22.5 Å². The molecule has 176 valence electrons. The number of furan rings is 1. The first kappa shape index (κ1) is 27.5. The van der Waals surface area contributed by atoms with Crippen molar-refractivity contribution in [2.24, 2.45) is 0 Å². The average Bonchev–Trinajstić information content (AvgIpc) is 3.36. The van der Waals surface area contributed by atoms with Gasteiger partial charge in [0, 0.05) is 25.3 Å². The van der Waals surface area contributed by atoms with E-state index in [1.54, 1.807) is 18.2 Å². The van der Waals surface area contributed by atoms with E-state index in [4.69, 9.17) is 14.6 Å². The van der Waals surface area contributed by atoms with Crippen molar-refractivity contribution in [3.63, 3.8) is 0 Å². The first-order valence-corrected chi connectivity index (χ1v) is 10.5. The normalized spacial score (nSPS) is 10.6. The van der Waals surface area contributed by atoms with Crippen LogP contribution in [0.3, 0.4) is 0 Å². The molecular formula is C26H31NO6. The maximum Gasteiger partial charge on any atom is 0.254 e. The van der Waals surface area contributed by atoms with E-state index in [9.17, 15) is 14.4 Å². The molecule has 2 aromatic carbocycles. The Hall–Kier alpha value is -3.55. The molecule has 1 unspecified atom stereocenters. The quantitative estimate of drug-likeness (QED) is 0.414. The molecule has 7 heteroatoms. The first-order valence-electron chi connectivity index (χ1n) is 10.5. The molecule has 1 heterocycles. The second-order valence-electron chi connectivity index (χ2n) is 6.69. The molecule has 3 aromatic rings. The fourth-order valence-electron chi connectivity index (χ4n) is 3.04. The number of likely N-dealkylation sites (N-methyl/N-ethyl adjacent to an activating group) is 1. The third-order valence-corrected chi connectivity index (χ3v) is 4.74. The van der Waals surface area contributed by atoms with Crippen LogP contribution in [0.5, 0.6) is 0 Å². The minimum absolute atomic E-state index is 0.141. The van der Waals surface area contributed by atoms with Crippen LogP contribution in [0.1, 0.15) is 36.9 Å². The molecule has 0 fully saturated rings. The van der Waals surface area contributed by atoms with Crippen LogP contribution in [0.4, 0.5) is 0 Å². The number of Topliss-reactive ketones (excluding diaryl/α,β-unsaturated/α-hetero) is 1. The van der Waals surface area contributed by atoms with Gasteiger partial charge in [0.2, 0.25) is 0 Å². The van der Waals surface area contributed by atoms with Crippen LogP contribution in [-0.2, 0) is 16.2 Å². The summed E-state index contributed by atoms with van der Waals surface area (Å²) in [6.07, 6.45) is 0.471. The van der Waals surface area contributed by atoms with Gasteiger partial charge in [-0.2, -0.15) is 0 Å². The first-order chi connectivity index (χ1) is 15.9. The van der Waals surface area contributed by atoms with Crippen LogP contribution in [0.2, 0.25) is 0 Å². The molecule has 0 saturated carbocycles. The summed E-state index contributed by atoms with van der Waals surface area (Å²) in [4.78, 5) is 36.2. The van der Waals surface area contributed by atoms with E-state index >= 15 is 0 Å². The highest BCUT2D eigenvalue weighted by atomic mass is 16.4. The second kappa shape index (κ2) is 13.8. The van der Waals surface area contributed by atoms with E-state index in [1.807, 2.05) is 56.3 Å². The zero-order valence-corrected chi connectivity index (χ0v) is 19.6. The summed E-state index contributed by atoms with van der Waals surface area (Å²) in [5.41, 5.74) is 3.17. The summed E-state index contributed by atoms with van der Waals surface area (Å²) in [5, 5.41) is 16.1. The van der Waals surface area contributed by atoms with Crippen molar-refractivity contribution in [2.45, 2.75) is 33.4 Å². The molecule has 0 saturated heterocycles. The third-order valence-electron chi connectivity index (χ3n) is 4.74. The number of benzene rings is 2. The van der Waals surface area contributed by atoms with Gasteiger partial charge < -0.3 is 24.3 Å². The number of rotatable bonds is 7. The van der Waals surface area contributed by atoms with Crippen LogP contribution in [0.15, 0.2) is 65.1 Å². The van der Waals surface area contributed by atoms with Gasteiger partial charge in [-0.3, -0.25) is 9.59 Å². The van der Waals surface area contributed by atoms with Crippen molar-refractivity contribution in [3.8, 4) is 22.5 Å². The summed E-state index contributed by atoms with van der Waals surface area (Å²) >= 11 is 0. The Labute approximate surface area is 194 Å². The summed E-state index contributed by atoms with van der Waals surface area (Å²) in [5.74, 6) is 0.419. The van der Waals surface area contributed by atoms with Gasteiger partial charge in [-0.1, -0.05) is 50.2 Å². The van der Waals surface area contributed by atoms with E-state index in [0.29, 0.717) is 23.4 Å². The van der Waals surface area contributed by atoms with Crippen molar-refractivity contribution >= 4 is 18.0 Å². The molecule has 1 aromatic heterocycles. The average molecular weight is 454 g/mol. The monoisotopic (exact) mass is 453 g/mol. The van der Waals surface area contributed by atoms with Crippen LogP contribution in [0, 0.1) is 0 Å². The highest BCUT2D eigenvalue weighted by Crippen LogP contribution is 2.26. The van der Waals surface area contributed by atoms with Crippen molar-refractivity contribution in [3.05, 3.63) is 72.0 Å². The number of hydrogen-bond donors (Lipinski definition) is 2. The molecule has 3 rings (SSSR count). The Balaban J connectivity index is 0.00000129. The lowest BCUT2D eigenvalue weighted by molar-refractivity contribution is -0.126. The van der Waals surface area contributed by atoms with Crippen LogP contribution >= 0.6 is 0 Å². The summed E-state index contributed by atoms with van der Waals surface area (Å²) in [6, 6.07) is 17.2. The number of carbonyl (C=O) groups is 3. The van der Waals surface area contributed by atoms with Crippen molar-refractivity contribution in [2.75, 3.05) is 14.2 Å². The largest absolute Gasteiger partial charge is 0.459 e. The predicted octanol–water partition coefficient (Wildman–Crippen LogP) is 3.97. The summed E-state index contributed by atoms with van der Waals surface area (Å²) in [7, 11) is 2.44. The SMILES string of the molecule is CC.CC(=O)C(C=O)N(C)C(=O)c1ccc(-c2ccc(-c3ccc(CO)o3)cc2)cc1.CO. The minimum atomic E-state index is -1.08. The Kier molecular flexibility index (Phi) is 11.5. The van der Waals surface area contributed by atoms with Gasteiger partial charge >= 0.3 is 0 Å². The van der Waals surface area contributed by atoms with Crippen LogP contribution in [-0.4, -0.2) is 53.3 Å². The van der Waals surface area contributed by atoms with E-state index < -0.39 is 11.9 Å². The third kappa shape index (κ3) is 6.97. The number of amides is 1. The maximum absolute atomic E-state index is 12.5. The lowest BCUT2D eigenvalue weighted by atomic mass is 10.0. The van der Waals surface area contributed by atoms with Crippen LogP contribution < -0.4 is 0 Å². The standard InChI is InChI=1S/C23H21NO5.C2H6.CH4O/c1-15(27)21(14-26)24(2)23(28)19-9-5-17(6-10-19)16-3-7-18(8-4-16)22-12-11-20(13-25)29-22;2*1-2/h3-12,14,21,25H,13H2,1-2H3;1-2H3;2H,1H3. The van der Waals surface area contributed by atoms with Crippen molar-refractivity contribution in [1.29, 1.82) is 0 Å².